The lowest BCUT2D eigenvalue weighted by Crippen LogP contribution is -2.42. The quantitative estimate of drug-likeness (QED) is 0.713. The highest BCUT2D eigenvalue weighted by molar-refractivity contribution is 5.10. The molecule has 0 bridgehead atoms. The van der Waals surface area contributed by atoms with Gasteiger partial charge in [0.15, 0.2) is 0 Å². The first-order valence-corrected chi connectivity index (χ1v) is 5.68. The van der Waals surface area contributed by atoms with Gasteiger partial charge in [-0.05, 0) is 24.8 Å². The highest BCUT2D eigenvalue weighted by Gasteiger charge is 2.58. The van der Waals surface area contributed by atoms with Crippen LogP contribution in [-0.2, 0) is 0 Å². The van der Waals surface area contributed by atoms with Gasteiger partial charge in [-0.3, -0.25) is 0 Å². The fourth-order valence-corrected chi connectivity index (χ4v) is 3.09. The molecule has 0 aromatic carbocycles. The molecule has 1 saturated carbocycles. The van der Waals surface area contributed by atoms with Crippen molar-refractivity contribution in [2.45, 2.75) is 53.2 Å². The van der Waals surface area contributed by atoms with Crippen LogP contribution in [0.4, 0.5) is 0 Å². The molecule has 0 radical (unpaired) electrons. The van der Waals surface area contributed by atoms with E-state index >= 15 is 0 Å². The molecule has 14 heavy (non-hydrogen) atoms. The molecule has 0 amide bonds. The third kappa shape index (κ3) is 1.24. The fourth-order valence-electron chi connectivity index (χ4n) is 3.09. The Morgan fingerprint density at radius 1 is 1.29 bits per heavy atom. The molecule has 1 rings (SSSR count). The first-order chi connectivity index (χ1) is 6.32. The molecule has 1 aliphatic carbocycles. The molecular weight excluding hydrogens is 174 g/mol. The Kier molecular flexibility index (Phi) is 2.99. The van der Waals surface area contributed by atoms with Gasteiger partial charge in [0.05, 0.1) is 6.10 Å². The maximum Gasteiger partial charge on any atom is 0.0754 e. The van der Waals surface area contributed by atoms with Crippen LogP contribution in [0.2, 0.25) is 0 Å². The summed E-state index contributed by atoms with van der Waals surface area (Å²) in [5.74, 6) is 0.507. The number of nitrogens with one attached hydrogen (secondary N) is 1. The monoisotopic (exact) mass is 199 g/mol. The minimum atomic E-state index is -0.234. The summed E-state index contributed by atoms with van der Waals surface area (Å²) in [6.45, 7) is 11.2. The predicted molar refractivity (Wildman–Crippen MR) is 60.2 cm³/mol. The van der Waals surface area contributed by atoms with Crippen LogP contribution in [0.1, 0.15) is 41.0 Å². The van der Waals surface area contributed by atoms with Crippen LogP contribution >= 0.6 is 0 Å². The molecule has 0 spiro atoms. The summed E-state index contributed by atoms with van der Waals surface area (Å²) in [6, 6.07) is 0.231. The molecule has 2 nitrogen and oxygen atoms in total. The largest absolute Gasteiger partial charge is 0.391 e. The van der Waals surface area contributed by atoms with E-state index in [1.54, 1.807) is 0 Å². The summed E-state index contributed by atoms with van der Waals surface area (Å²) in [6.07, 6.45) is 0.798. The third-order valence-corrected chi connectivity index (χ3v) is 5.21. The van der Waals surface area contributed by atoms with Gasteiger partial charge in [-0.2, -0.15) is 0 Å². The highest BCUT2D eigenvalue weighted by atomic mass is 16.3. The summed E-state index contributed by atoms with van der Waals surface area (Å²) < 4.78 is 0. The van der Waals surface area contributed by atoms with E-state index in [4.69, 9.17) is 0 Å². The fraction of sp³-hybridized carbons (Fsp3) is 1.00. The Morgan fingerprint density at radius 2 is 1.79 bits per heavy atom. The summed E-state index contributed by atoms with van der Waals surface area (Å²) in [5.41, 5.74) is 0.217. The maximum absolute atomic E-state index is 10.4. The minimum Gasteiger partial charge on any atom is -0.391 e. The van der Waals surface area contributed by atoms with Crippen molar-refractivity contribution in [1.29, 1.82) is 0 Å². The van der Waals surface area contributed by atoms with E-state index in [0.717, 1.165) is 6.42 Å². The molecule has 2 N–H and O–H groups in total. The van der Waals surface area contributed by atoms with Gasteiger partial charge in [-0.1, -0.05) is 34.6 Å². The zero-order valence-electron chi connectivity index (χ0n) is 10.4. The van der Waals surface area contributed by atoms with Crippen LogP contribution < -0.4 is 5.32 Å². The van der Waals surface area contributed by atoms with Crippen molar-refractivity contribution in [2.24, 2.45) is 16.7 Å². The van der Waals surface area contributed by atoms with E-state index in [0.29, 0.717) is 5.92 Å². The SMILES string of the molecule is CC[C@@]1(C)C(O)C(NC)C(C)C1(C)C. The van der Waals surface area contributed by atoms with Crippen molar-refractivity contribution >= 4 is 0 Å². The molecule has 0 saturated heterocycles. The first kappa shape index (κ1) is 12.0. The van der Waals surface area contributed by atoms with E-state index in [-0.39, 0.29) is 23.0 Å². The second-order valence-corrected chi connectivity index (χ2v) is 5.54. The molecule has 0 aromatic rings. The molecule has 0 aromatic heterocycles. The molecule has 1 aliphatic rings. The van der Waals surface area contributed by atoms with Crippen molar-refractivity contribution in [2.75, 3.05) is 7.05 Å². The molecule has 4 atom stereocenters. The van der Waals surface area contributed by atoms with Crippen molar-refractivity contribution in [1.82, 2.24) is 5.32 Å². The molecule has 2 heteroatoms. The lowest BCUT2D eigenvalue weighted by atomic mass is 9.64. The van der Waals surface area contributed by atoms with Crippen molar-refractivity contribution in [3.05, 3.63) is 0 Å². The van der Waals surface area contributed by atoms with E-state index in [1.165, 1.54) is 0 Å². The molecule has 3 unspecified atom stereocenters. The average Bonchev–Trinajstić information content (AvgIpc) is 2.27. The number of rotatable bonds is 2. The minimum absolute atomic E-state index is 0.0279. The van der Waals surface area contributed by atoms with Gasteiger partial charge in [0.2, 0.25) is 0 Å². The number of aliphatic hydroxyl groups excluding tert-OH is 1. The van der Waals surface area contributed by atoms with Gasteiger partial charge in [0.25, 0.3) is 0 Å². The zero-order valence-corrected chi connectivity index (χ0v) is 10.4. The van der Waals surface area contributed by atoms with Crippen molar-refractivity contribution < 1.29 is 5.11 Å². The number of likely N-dealkylation sites (N-methyl/N-ethyl adjacent to an activating group) is 1. The summed E-state index contributed by atoms with van der Waals surface area (Å²) >= 11 is 0. The second kappa shape index (κ2) is 3.49. The Hall–Kier alpha value is -0.0800. The topological polar surface area (TPSA) is 32.3 Å². The number of hydrogen-bond acceptors (Lipinski definition) is 2. The van der Waals surface area contributed by atoms with Crippen LogP contribution in [0, 0.1) is 16.7 Å². The summed E-state index contributed by atoms with van der Waals surface area (Å²) in [4.78, 5) is 0. The zero-order chi connectivity index (χ0) is 11.1. The van der Waals surface area contributed by atoms with E-state index in [1.807, 2.05) is 7.05 Å². The molecule has 0 aliphatic heterocycles. The summed E-state index contributed by atoms with van der Waals surface area (Å²) in [7, 11) is 1.95. The van der Waals surface area contributed by atoms with Crippen LogP contribution in [0.15, 0.2) is 0 Å². The second-order valence-electron chi connectivity index (χ2n) is 5.54. The Balaban J connectivity index is 3.09. The average molecular weight is 199 g/mol. The van der Waals surface area contributed by atoms with Gasteiger partial charge in [0.1, 0.15) is 0 Å². The van der Waals surface area contributed by atoms with Gasteiger partial charge >= 0.3 is 0 Å². The van der Waals surface area contributed by atoms with Crippen LogP contribution in [-0.4, -0.2) is 24.3 Å². The lowest BCUT2D eigenvalue weighted by Gasteiger charge is -2.41. The molecule has 84 valence electrons. The van der Waals surface area contributed by atoms with Crippen LogP contribution in [0.25, 0.3) is 0 Å². The lowest BCUT2D eigenvalue weighted by molar-refractivity contribution is -0.00886. The van der Waals surface area contributed by atoms with E-state index in [9.17, 15) is 5.11 Å². The highest BCUT2D eigenvalue weighted by Crippen LogP contribution is 2.57. The first-order valence-electron chi connectivity index (χ1n) is 5.68. The predicted octanol–water partition coefficient (Wildman–Crippen LogP) is 2.03. The van der Waals surface area contributed by atoms with Gasteiger partial charge in [-0.15, -0.1) is 0 Å². The van der Waals surface area contributed by atoms with Crippen molar-refractivity contribution in [3.63, 3.8) is 0 Å². The molecule has 1 fully saturated rings. The van der Waals surface area contributed by atoms with E-state index < -0.39 is 0 Å². The van der Waals surface area contributed by atoms with Crippen LogP contribution in [0.5, 0.6) is 0 Å². The normalized spacial score (nSPS) is 46.9. The maximum atomic E-state index is 10.4. The molecule has 0 heterocycles. The smallest absolute Gasteiger partial charge is 0.0754 e. The number of aliphatic hydroxyl groups is 1. The Labute approximate surface area is 88.1 Å². The van der Waals surface area contributed by atoms with Crippen molar-refractivity contribution in [3.8, 4) is 0 Å². The Bertz CT molecular complexity index is 214. The Morgan fingerprint density at radius 3 is 2.00 bits per heavy atom. The van der Waals surface area contributed by atoms with Gasteiger partial charge in [-0.25, -0.2) is 0 Å². The molecular formula is C12H25NO. The van der Waals surface area contributed by atoms with Crippen LogP contribution in [0.3, 0.4) is 0 Å². The van der Waals surface area contributed by atoms with E-state index in [2.05, 4.69) is 39.9 Å². The summed E-state index contributed by atoms with van der Waals surface area (Å²) in [5, 5.41) is 13.6. The third-order valence-electron chi connectivity index (χ3n) is 5.21. The van der Waals surface area contributed by atoms with Gasteiger partial charge in [0, 0.05) is 11.5 Å². The van der Waals surface area contributed by atoms with Gasteiger partial charge < -0.3 is 10.4 Å². The number of hydrogen-bond donors (Lipinski definition) is 2. The standard InChI is InChI=1S/C12H25NO/c1-7-12(5)10(14)9(13-6)8(2)11(12,3)4/h8-10,13-14H,7H2,1-6H3/t8?,9?,10?,12-/m0/s1.